The van der Waals surface area contributed by atoms with Gasteiger partial charge in [0.15, 0.2) is 6.04 Å². The summed E-state index contributed by atoms with van der Waals surface area (Å²) in [7, 11) is 0. The SMILES string of the molecule is CCC(C#N)N=N. The van der Waals surface area contributed by atoms with E-state index >= 15 is 0 Å². The highest BCUT2D eigenvalue weighted by molar-refractivity contribution is 4.86. The normalized spacial score (nSPS) is 12.0. The summed E-state index contributed by atoms with van der Waals surface area (Å²) in [4.78, 5) is 0. The maximum Gasteiger partial charge on any atom is 0.156 e. The van der Waals surface area contributed by atoms with E-state index in [1.54, 1.807) is 0 Å². The molecule has 0 saturated heterocycles. The molecule has 0 radical (unpaired) electrons. The van der Waals surface area contributed by atoms with Gasteiger partial charge in [0.05, 0.1) is 6.07 Å². The fourth-order valence-corrected chi connectivity index (χ4v) is 0.211. The summed E-state index contributed by atoms with van der Waals surface area (Å²) >= 11 is 0. The van der Waals surface area contributed by atoms with Crippen LogP contribution in [0.3, 0.4) is 0 Å². The van der Waals surface area contributed by atoms with Gasteiger partial charge in [0.2, 0.25) is 0 Å². The van der Waals surface area contributed by atoms with E-state index in [9.17, 15) is 0 Å². The summed E-state index contributed by atoms with van der Waals surface area (Å²) in [5.74, 6) is 0. The summed E-state index contributed by atoms with van der Waals surface area (Å²) in [6.07, 6.45) is 0.639. The molecule has 3 heteroatoms. The van der Waals surface area contributed by atoms with Crippen LogP contribution >= 0.6 is 0 Å². The Morgan fingerprint density at radius 1 is 2.00 bits per heavy atom. The van der Waals surface area contributed by atoms with Crippen LogP contribution < -0.4 is 0 Å². The van der Waals surface area contributed by atoms with E-state index in [4.69, 9.17) is 10.8 Å². The minimum atomic E-state index is -0.417. The summed E-state index contributed by atoms with van der Waals surface area (Å²) < 4.78 is 0. The van der Waals surface area contributed by atoms with Crippen LogP contribution in [-0.4, -0.2) is 6.04 Å². The number of rotatable bonds is 2. The van der Waals surface area contributed by atoms with Crippen molar-refractivity contribution < 1.29 is 0 Å². The topological polar surface area (TPSA) is 60.0 Å². The number of nitrogens with one attached hydrogen (secondary N) is 1. The van der Waals surface area contributed by atoms with Crippen LogP contribution in [0.4, 0.5) is 0 Å². The lowest BCUT2D eigenvalue weighted by Crippen LogP contribution is -1.93. The van der Waals surface area contributed by atoms with Gasteiger partial charge in [-0.25, -0.2) is 5.53 Å². The molecule has 0 aromatic rings. The lowest BCUT2D eigenvalue weighted by atomic mass is 10.3. The van der Waals surface area contributed by atoms with Crippen molar-refractivity contribution in [3.05, 3.63) is 0 Å². The standard InChI is InChI=1S/C4H7N3/c1-2-4(3-5)7-6/h4,6H,2H2,1H3. The van der Waals surface area contributed by atoms with Gasteiger partial charge in [0.25, 0.3) is 0 Å². The molecule has 0 spiro atoms. The van der Waals surface area contributed by atoms with Gasteiger partial charge in [-0.15, -0.1) is 0 Å². The Hall–Kier alpha value is -0.910. The average molecular weight is 97.1 g/mol. The van der Waals surface area contributed by atoms with Gasteiger partial charge in [-0.3, -0.25) is 0 Å². The van der Waals surface area contributed by atoms with E-state index in [0.717, 1.165) is 0 Å². The molecule has 0 aromatic heterocycles. The zero-order valence-electron chi connectivity index (χ0n) is 4.18. The zero-order chi connectivity index (χ0) is 5.70. The smallest absolute Gasteiger partial charge is 0.156 e. The molecule has 1 unspecified atom stereocenters. The number of hydrogen-bond donors (Lipinski definition) is 1. The fraction of sp³-hybridized carbons (Fsp3) is 0.750. The largest absolute Gasteiger partial charge is 0.208 e. The van der Waals surface area contributed by atoms with Crippen molar-refractivity contribution in [2.75, 3.05) is 0 Å². The first-order valence-electron chi connectivity index (χ1n) is 2.11. The maximum absolute atomic E-state index is 8.06. The minimum absolute atomic E-state index is 0.417. The molecule has 3 nitrogen and oxygen atoms in total. The van der Waals surface area contributed by atoms with Crippen LogP contribution in [-0.2, 0) is 0 Å². The van der Waals surface area contributed by atoms with Crippen molar-refractivity contribution in [2.24, 2.45) is 5.11 Å². The maximum atomic E-state index is 8.06. The van der Waals surface area contributed by atoms with Crippen molar-refractivity contribution in [1.29, 1.82) is 10.8 Å². The second kappa shape index (κ2) is 3.29. The van der Waals surface area contributed by atoms with Gasteiger partial charge in [-0.2, -0.15) is 10.4 Å². The Bertz CT molecular complexity index is 91.6. The fourth-order valence-electron chi connectivity index (χ4n) is 0.211. The van der Waals surface area contributed by atoms with Crippen LogP contribution in [0.5, 0.6) is 0 Å². The summed E-state index contributed by atoms with van der Waals surface area (Å²) in [6, 6.07) is 1.43. The first-order chi connectivity index (χ1) is 3.35. The molecule has 0 rings (SSSR count). The van der Waals surface area contributed by atoms with E-state index in [0.29, 0.717) is 6.42 Å². The molecular formula is C4H7N3. The van der Waals surface area contributed by atoms with Gasteiger partial charge < -0.3 is 0 Å². The van der Waals surface area contributed by atoms with E-state index in [-0.39, 0.29) is 0 Å². The zero-order valence-corrected chi connectivity index (χ0v) is 4.18. The highest BCUT2D eigenvalue weighted by atomic mass is 15.0. The van der Waals surface area contributed by atoms with Gasteiger partial charge in [0, 0.05) is 0 Å². The molecule has 0 aliphatic rings. The van der Waals surface area contributed by atoms with Gasteiger partial charge in [0.1, 0.15) is 0 Å². The highest BCUT2D eigenvalue weighted by Crippen LogP contribution is 1.91. The van der Waals surface area contributed by atoms with Crippen molar-refractivity contribution in [2.45, 2.75) is 19.4 Å². The van der Waals surface area contributed by atoms with Gasteiger partial charge in [-0.05, 0) is 6.42 Å². The Morgan fingerprint density at radius 3 is 2.57 bits per heavy atom. The molecule has 1 N–H and O–H groups in total. The number of hydrogen-bond acceptors (Lipinski definition) is 3. The second-order valence-corrected chi connectivity index (χ2v) is 1.18. The van der Waals surface area contributed by atoms with E-state index in [1.807, 2.05) is 13.0 Å². The van der Waals surface area contributed by atoms with Crippen molar-refractivity contribution in [1.82, 2.24) is 0 Å². The molecule has 0 saturated carbocycles. The van der Waals surface area contributed by atoms with Crippen LogP contribution in [0.25, 0.3) is 0 Å². The highest BCUT2D eigenvalue weighted by Gasteiger charge is 1.95. The first kappa shape index (κ1) is 6.09. The molecule has 1 atom stereocenters. The lowest BCUT2D eigenvalue weighted by molar-refractivity contribution is 0.729. The van der Waals surface area contributed by atoms with Crippen LogP contribution in [0, 0.1) is 16.9 Å². The molecule has 0 fully saturated rings. The molecular weight excluding hydrogens is 90.1 g/mol. The predicted molar refractivity (Wildman–Crippen MR) is 24.8 cm³/mol. The summed E-state index contributed by atoms with van der Waals surface area (Å²) in [6.45, 7) is 1.83. The van der Waals surface area contributed by atoms with Crippen LogP contribution in [0.2, 0.25) is 0 Å². The lowest BCUT2D eigenvalue weighted by Gasteiger charge is -1.88. The summed E-state index contributed by atoms with van der Waals surface area (Å²) in [5, 5.41) is 11.1. The Labute approximate surface area is 42.5 Å². The third kappa shape index (κ3) is 1.88. The molecule has 38 valence electrons. The molecule has 0 heterocycles. The van der Waals surface area contributed by atoms with E-state index < -0.39 is 6.04 Å². The molecule has 0 amide bonds. The van der Waals surface area contributed by atoms with Crippen LogP contribution in [0.1, 0.15) is 13.3 Å². The number of nitriles is 1. The average Bonchev–Trinajstić information content (AvgIpc) is 1.72. The van der Waals surface area contributed by atoms with Crippen molar-refractivity contribution >= 4 is 0 Å². The van der Waals surface area contributed by atoms with Crippen LogP contribution in [0.15, 0.2) is 5.11 Å². The van der Waals surface area contributed by atoms with Crippen molar-refractivity contribution in [3.8, 4) is 6.07 Å². The molecule has 0 bridgehead atoms. The van der Waals surface area contributed by atoms with Gasteiger partial charge >= 0.3 is 0 Å². The third-order valence-electron chi connectivity index (χ3n) is 0.692. The van der Waals surface area contributed by atoms with Gasteiger partial charge in [-0.1, -0.05) is 6.92 Å². The Kier molecular flexibility index (Phi) is 2.86. The molecule has 0 aromatic carbocycles. The Morgan fingerprint density at radius 2 is 2.57 bits per heavy atom. The van der Waals surface area contributed by atoms with E-state index in [2.05, 4.69) is 5.11 Å². The first-order valence-corrected chi connectivity index (χ1v) is 2.11. The molecule has 0 aliphatic carbocycles. The van der Waals surface area contributed by atoms with E-state index in [1.165, 1.54) is 0 Å². The number of nitrogens with zero attached hydrogens (tertiary/aromatic N) is 2. The summed E-state index contributed by atoms with van der Waals surface area (Å²) in [5.41, 5.74) is 6.36. The monoisotopic (exact) mass is 97.1 g/mol. The molecule has 7 heavy (non-hydrogen) atoms. The Balaban J connectivity index is 3.43. The second-order valence-electron chi connectivity index (χ2n) is 1.18. The predicted octanol–water partition coefficient (Wildman–Crippen LogP) is 1.32. The van der Waals surface area contributed by atoms with Crippen molar-refractivity contribution in [3.63, 3.8) is 0 Å². The quantitative estimate of drug-likeness (QED) is 0.519. The minimum Gasteiger partial charge on any atom is -0.208 e. The molecule has 0 aliphatic heterocycles. The third-order valence-corrected chi connectivity index (χ3v) is 0.692.